The molecule has 22 heavy (non-hydrogen) atoms. The third-order valence-corrected chi connectivity index (χ3v) is 2.67. The van der Waals surface area contributed by atoms with Crippen LogP contribution in [-0.2, 0) is 0 Å². The first kappa shape index (κ1) is 15.4. The maximum Gasteiger partial charge on any atom is 0.270 e. The highest BCUT2D eigenvalue weighted by atomic mass is 16.2. The second kappa shape index (κ2) is 6.22. The second-order valence-corrected chi connectivity index (χ2v) is 5.75. The molecule has 0 unspecified atom stereocenters. The summed E-state index contributed by atoms with van der Waals surface area (Å²) >= 11 is 0. The molecular weight excluding hydrogens is 278 g/mol. The van der Waals surface area contributed by atoms with Gasteiger partial charge < -0.3 is 10.6 Å². The highest BCUT2D eigenvalue weighted by Crippen LogP contribution is 2.17. The number of rotatable bonds is 3. The van der Waals surface area contributed by atoms with Crippen LogP contribution in [0.2, 0.25) is 0 Å². The molecule has 0 bridgehead atoms. The van der Waals surface area contributed by atoms with Gasteiger partial charge in [0.05, 0.1) is 11.3 Å². The quantitative estimate of drug-likeness (QED) is 0.908. The zero-order valence-electron chi connectivity index (χ0n) is 12.7. The van der Waals surface area contributed by atoms with E-state index in [0.29, 0.717) is 11.3 Å². The molecule has 0 radical (unpaired) electrons. The number of hydrogen-bond donors (Lipinski definition) is 2. The summed E-state index contributed by atoms with van der Waals surface area (Å²) in [5.74, 6) is -0.00391. The first-order chi connectivity index (χ1) is 10.4. The molecule has 0 saturated carbocycles. The Labute approximate surface area is 129 Å². The summed E-state index contributed by atoms with van der Waals surface area (Å²) < 4.78 is 0. The van der Waals surface area contributed by atoms with E-state index in [0.717, 1.165) is 0 Å². The zero-order valence-corrected chi connectivity index (χ0v) is 12.7. The van der Waals surface area contributed by atoms with Crippen LogP contribution in [0.3, 0.4) is 0 Å². The van der Waals surface area contributed by atoms with Crippen LogP contribution < -0.4 is 10.6 Å². The Bertz CT molecular complexity index is 728. The fourth-order valence-corrected chi connectivity index (χ4v) is 1.76. The van der Waals surface area contributed by atoms with E-state index in [-0.39, 0.29) is 23.1 Å². The van der Waals surface area contributed by atoms with Crippen molar-refractivity contribution in [2.75, 3.05) is 5.32 Å². The van der Waals surface area contributed by atoms with Crippen molar-refractivity contribution in [3.8, 4) is 6.07 Å². The average molecular weight is 295 g/mol. The molecule has 2 N–H and O–H groups in total. The van der Waals surface area contributed by atoms with E-state index >= 15 is 0 Å². The number of hydrogen-bond acceptors (Lipinski definition) is 5. The number of nitriles is 1. The summed E-state index contributed by atoms with van der Waals surface area (Å²) in [7, 11) is 0. The van der Waals surface area contributed by atoms with Crippen molar-refractivity contribution < 1.29 is 4.79 Å². The van der Waals surface area contributed by atoms with Crippen LogP contribution >= 0.6 is 0 Å². The Balaban J connectivity index is 2.22. The van der Waals surface area contributed by atoms with Crippen LogP contribution in [0.15, 0.2) is 36.5 Å². The third-order valence-electron chi connectivity index (χ3n) is 2.67. The Hall–Kier alpha value is -2.94. The molecule has 1 heterocycles. The molecule has 2 aromatic rings. The Kier molecular flexibility index (Phi) is 4.37. The van der Waals surface area contributed by atoms with Crippen molar-refractivity contribution in [1.82, 2.24) is 15.3 Å². The number of amides is 1. The minimum absolute atomic E-state index is 0.266. The largest absolute Gasteiger partial charge is 0.346 e. The van der Waals surface area contributed by atoms with Crippen molar-refractivity contribution in [3.63, 3.8) is 0 Å². The SMILES string of the molecule is CC(C)(C)NC(=O)c1ccnc(Nc2ccccc2C#N)n1. The minimum atomic E-state index is -0.344. The van der Waals surface area contributed by atoms with Gasteiger partial charge in [-0.1, -0.05) is 12.1 Å². The first-order valence-corrected chi connectivity index (χ1v) is 6.81. The Morgan fingerprint density at radius 1 is 1.23 bits per heavy atom. The molecule has 0 saturated heterocycles. The van der Waals surface area contributed by atoms with Crippen LogP contribution in [0.5, 0.6) is 0 Å². The molecule has 112 valence electrons. The van der Waals surface area contributed by atoms with E-state index in [9.17, 15) is 4.79 Å². The number of aromatic nitrogens is 2. The predicted molar refractivity (Wildman–Crippen MR) is 83.7 cm³/mol. The van der Waals surface area contributed by atoms with Crippen LogP contribution in [0.1, 0.15) is 36.8 Å². The molecule has 1 amide bonds. The Morgan fingerprint density at radius 2 is 1.95 bits per heavy atom. The van der Waals surface area contributed by atoms with Gasteiger partial charge in [0, 0.05) is 11.7 Å². The van der Waals surface area contributed by atoms with Crippen molar-refractivity contribution >= 4 is 17.5 Å². The van der Waals surface area contributed by atoms with Gasteiger partial charge in [-0.05, 0) is 39.0 Å². The molecule has 0 aliphatic carbocycles. The summed E-state index contributed by atoms with van der Waals surface area (Å²) in [5, 5.41) is 14.9. The highest BCUT2D eigenvalue weighted by Gasteiger charge is 2.17. The maximum atomic E-state index is 12.1. The minimum Gasteiger partial charge on any atom is -0.346 e. The van der Waals surface area contributed by atoms with Crippen molar-refractivity contribution in [1.29, 1.82) is 5.26 Å². The van der Waals surface area contributed by atoms with Crippen LogP contribution in [-0.4, -0.2) is 21.4 Å². The summed E-state index contributed by atoms with van der Waals surface area (Å²) in [4.78, 5) is 20.4. The van der Waals surface area contributed by atoms with Gasteiger partial charge in [0.15, 0.2) is 0 Å². The van der Waals surface area contributed by atoms with Crippen molar-refractivity contribution in [3.05, 3.63) is 47.8 Å². The fourth-order valence-electron chi connectivity index (χ4n) is 1.76. The van der Waals surface area contributed by atoms with Gasteiger partial charge in [0.2, 0.25) is 5.95 Å². The lowest BCUT2D eigenvalue weighted by molar-refractivity contribution is 0.0914. The van der Waals surface area contributed by atoms with E-state index < -0.39 is 0 Å². The number of carbonyl (C=O) groups is 1. The first-order valence-electron chi connectivity index (χ1n) is 6.81. The van der Waals surface area contributed by atoms with Crippen molar-refractivity contribution in [2.24, 2.45) is 0 Å². The molecule has 0 aliphatic rings. The average Bonchev–Trinajstić information content (AvgIpc) is 2.46. The van der Waals surface area contributed by atoms with E-state index in [1.54, 1.807) is 30.3 Å². The summed E-state index contributed by atoms with van der Waals surface area (Å²) in [6, 6.07) is 10.7. The second-order valence-electron chi connectivity index (χ2n) is 5.75. The molecule has 2 rings (SSSR count). The lowest BCUT2D eigenvalue weighted by Crippen LogP contribution is -2.41. The number of para-hydroxylation sites is 1. The van der Waals surface area contributed by atoms with Gasteiger partial charge in [0.1, 0.15) is 11.8 Å². The molecule has 0 spiro atoms. The van der Waals surface area contributed by atoms with E-state index in [1.807, 2.05) is 20.8 Å². The number of anilines is 2. The smallest absolute Gasteiger partial charge is 0.270 e. The summed E-state index contributed by atoms with van der Waals surface area (Å²) in [6.07, 6.45) is 1.50. The lowest BCUT2D eigenvalue weighted by atomic mass is 10.1. The van der Waals surface area contributed by atoms with Crippen LogP contribution in [0.4, 0.5) is 11.6 Å². The number of nitrogens with one attached hydrogen (secondary N) is 2. The van der Waals surface area contributed by atoms with Crippen molar-refractivity contribution in [2.45, 2.75) is 26.3 Å². The molecule has 6 nitrogen and oxygen atoms in total. The molecular formula is C16H17N5O. The molecule has 6 heteroatoms. The molecule has 0 aliphatic heterocycles. The lowest BCUT2D eigenvalue weighted by Gasteiger charge is -2.20. The van der Waals surface area contributed by atoms with E-state index in [1.165, 1.54) is 6.20 Å². The zero-order chi connectivity index (χ0) is 16.2. The molecule has 1 aromatic carbocycles. The summed E-state index contributed by atoms with van der Waals surface area (Å²) in [6.45, 7) is 5.69. The predicted octanol–water partition coefficient (Wildman–Crippen LogP) is 2.62. The van der Waals surface area contributed by atoms with Gasteiger partial charge in [-0.2, -0.15) is 5.26 Å². The van der Waals surface area contributed by atoms with Crippen LogP contribution in [0.25, 0.3) is 0 Å². The van der Waals surface area contributed by atoms with Gasteiger partial charge >= 0.3 is 0 Å². The van der Waals surface area contributed by atoms with Gasteiger partial charge in [-0.25, -0.2) is 9.97 Å². The number of carbonyl (C=O) groups excluding carboxylic acids is 1. The molecule has 0 fully saturated rings. The van der Waals surface area contributed by atoms with Crippen LogP contribution in [0, 0.1) is 11.3 Å². The summed E-state index contributed by atoms with van der Waals surface area (Å²) in [5.41, 5.74) is 0.999. The monoisotopic (exact) mass is 295 g/mol. The normalized spacial score (nSPS) is 10.6. The maximum absolute atomic E-state index is 12.1. The number of nitrogens with zero attached hydrogens (tertiary/aromatic N) is 3. The fraction of sp³-hybridized carbons (Fsp3) is 0.250. The van der Waals surface area contributed by atoms with Gasteiger partial charge in [-0.15, -0.1) is 0 Å². The van der Waals surface area contributed by atoms with E-state index in [2.05, 4.69) is 26.7 Å². The van der Waals surface area contributed by atoms with Gasteiger partial charge in [-0.3, -0.25) is 4.79 Å². The topological polar surface area (TPSA) is 90.7 Å². The number of benzene rings is 1. The molecule has 0 atom stereocenters. The third kappa shape index (κ3) is 4.03. The van der Waals surface area contributed by atoms with Gasteiger partial charge in [0.25, 0.3) is 5.91 Å². The van der Waals surface area contributed by atoms with E-state index in [4.69, 9.17) is 5.26 Å². The highest BCUT2D eigenvalue weighted by molar-refractivity contribution is 5.93. The standard InChI is InChI=1S/C16H17N5O/c1-16(2,3)21-14(22)13-8-9-18-15(20-13)19-12-7-5-4-6-11(12)10-17/h4-9H,1-3H3,(H,21,22)(H,18,19,20). The Morgan fingerprint density at radius 3 is 2.64 bits per heavy atom. The molecule has 1 aromatic heterocycles.